The third-order valence-electron chi connectivity index (χ3n) is 3.21. The molecule has 6 N–H and O–H groups in total. The molecule has 0 heterocycles. The summed E-state index contributed by atoms with van der Waals surface area (Å²) in [4.78, 5) is 47.0. The van der Waals surface area contributed by atoms with Gasteiger partial charge in [-0.1, -0.05) is 0 Å². The fourth-order valence-corrected chi connectivity index (χ4v) is 1.86. The highest BCUT2D eigenvalue weighted by atomic mass is 16.6. The topological polar surface area (TPSA) is 163 Å². The van der Waals surface area contributed by atoms with Gasteiger partial charge in [-0.25, -0.2) is 9.59 Å². The number of rotatable bonds is 10. The van der Waals surface area contributed by atoms with Crippen molar-refractivity contribution in [1.29, 1.82) is 0 Å². The van der Waals surface area contributed by atoms with E-state index in [2.05, 4.69) is 10.6 Å². The van der Waals surface area contributed by atoms with E-state index < -0.39 is 35.2 Å². The largest absolute Gasteiger partial charge is 0.454 e. The first kappa shape index (κ1) is 25.8. The van der Waals surface area contributed by atoms with Gasteiger partial charge in [0.05, 0.1) is 12.8 Å². The summed E-state index contributed by atoms with van der Waals surface area (Å²) in [6.07, 6.45) is -1.90. The van der Waals surface area contributed by atoms with Gasteiger partial charge in [0.15, 0.2) is 0 Å². The summed E-state index contributed by atoms with van der Waals surface area (Å²) >= 11 is 0. The Morgan fingerprint density at radius 2 is 1.04 bits per heavy atom. The van der Waals surface area contributed by atoms with E-state index in [4.69, 9.17) is 20.9 Å². The van der Waals surface area contributed by atoms with Crippen molar-refractivity contribution >= 4 is 23.8 Å². The molecule has 0 aromatic rings. The van der Waals surface area contributed by atoms with Crippen LogP contribution < -0.4 is 22.1 Å². The second kappa shape index (κ2) is 11.0. The maximum Gasteiger partial charge on any atom is 0.417 e. The van der Waals surface area contributed by atoms with Gasteiger partial charge in [0.1, 0.15) is 12.2 Å². The number of esters is 2. The predicted molar refractivity (Wildman–Crippen MR) is 103 cm³/mol. The van der Waals surface area contributed by atoms with Crippen molar-refractivity contribution < 1.29 is 28.7 Å². The lowest BCUT2D eigenvalue weighted by Crippen LogP contribution is -2.46. The molecule has 2 amide bonds. The van der Waals surface area contributed by atoms with E-state index >= 15 is 0 Å². The average Bonchev–Trinajstić information content (AvgIpc) is 2.49. The predicted octanol–water partition coefficient (Wildman–Crippen LogP) is -0.663. The summed E-state index contributed by atoms with van der Waals surface area (Å²) in [7, 11) is 0. The van der Waals surface area contributed by atoms with Crippen molar-refractivity contribution in [2.24, 2.45) is 11.5 Å². The highest BCUT2D eigenvalue weighted by Crippen LogP contribution is 2.04. The maximum atomic E-state index is 11.8. The molecule has 162 valence electrons. The normalized spacial score (nSPS) is 13.9. The Hall–Kier alpha value is -2.20. The first-order valence-corrected chi connectivity index (χ1v) is 9.12. The Balaban J connectivity index is 4.27. The number of amides is 2. The number of nitrogens with one attached hydrogen (secondary N) is 2. The van der Waals surface area contributed by atoms with E-state index in [1.165, 1.54) is 13.8 Å². The molecule has 0 radical (unpaired) electrons. The minimum atomic E-state index is -1.23. The van der Waals surface area contributed by atoms with Crippen LogP contribution >= 0.6 is 0 Å². The fourth-order valence-electron chi connectivity index (χ4n) is 1.86. The van der Waals surface area contributed by atoms with Crippen molar-refractivity contribution in [2.45, 2.75) is 77.7 Å². The maximum absolute atomic E-state index is 11.8. The van der Waals surface area contributed by atoms with E-state index in [0.717, 1.165) is 0 Å². The van der Waals surface area contributed by atoms with Crippen molar-refractivity contribution in [3.8, 4) is 0 Å². The molecular formula is C18H34N4O6. The Morgan fingerprint density at radius 1 is 0.750 bits per heavy atom. The zero-order chi connectivity index (χ0) is 22.1. The van der Waals surface area contributed by atoms with E-state index in [0.29, 0.717) is 0 Å². The molecule has 0 aliphatic carbocycles. The van der Waals surface area contributed by atoms with Crippen molar-refractivity contribution in [3.63, 3.8) is 0 Å². The van der Waals surface area contributed by atoms with Crippen LogP contribution in [0.5, 0.6) is 0 Å². The molecule has 0 aromatic heterocycles. The number of hydrogen-bond donors (Lipinski definition) is 4. The number of carbonyl (C=O) groups is 4. The summed E-state index contributed by atoms with van der Waals surface area (Å²) in [5.74, 6) is -3.18. The molecule has 28 heavy (non-hydrogen) atoms. The first-order valence-electron chi connectivity index (χ1n) is 9.12. The number of carbonyl (C=O) groups excluding carboxylic acids is 4. The van der Waals surface area contributed by atoms with Crippen molar-refractivity contribution in [2.75, 3.05) is 13.1 Å². The van der Waals surface area contributed by atoms with Gasteiger partial charge in [0.2, 0.25) is 11.8 Å². The van der Waals surface area contributed by atoms with Crippen LogP contribution in [0.15, 0.2) is 0 Å². The molecule has 0 saturated heterocycles. The summed E-state index contributed by atoms with van der Waals surface area (Å²) in [5, 5.41) is 5.21. The molecule has 2 atom stereocenters. The van der Waals surface area contributed by atoms with Crippen LogP contribution in [-0.2, 0) is 28.7 Å². The Morgan fingerprint density at radius 3 is 1.29 bits per heavy atom. The van der Waals surface area contributed by atoms with Crippen molar-refractivity contribution in [3.05, 3.63) is 0 Å². The van der Waals surface area contributed by atoms with Crippen LogP contribution in [-0.4, -0.2) is 60.1 Å². The lowest BCUT2D eigenvalue weighted by atomic mass is 10.1. The molecule has 0 spiro atoms. The van der Waals surface area contributed by atoms with Gasteiger partial charge < -0.3 is 31.6 Å². The van der Waals surface area contributed by atoms with Crippen LogP contribution in [0, 0.1) is 0 Å². The molecule has 0 rings (SSSR count). The van der Waals surface area contributed by atoms with Crippen LogP contribution in [0.4, 0.5) is 0 Å². The Bertz CT molecular complexity index is 515. The van der Waals surface area contributed by atoms with Gasteiger partial charge in [-0.2, -0.15) is 0 Å². The number of nitrogens with two attached hydrogens (primary N) is 2. The second-order valence-corrected chi connectivity index (χ2v) is 8.37. The second-order valence-electron chi connectivity index (χ2n) is 8.37. The molecule has 0 aliphatic rings. The van der Waals surface area contributed by atoms with Gasteiger partial charge in [0, 0.05) is 24.2 Å². The van der Waals surface area contributed by atoms with Crippen LogP contribution in [0.25, 0.3) is 0 Å². The average molecular weight is 402 g/mol. The summed E-state index contributed by atoms with van der Waals surface area (Å²) in [6.45, 7) is 10.5. The summed E-state index contributed by atoms with van der Waals surface area (Å²) in [5.41, 5.74) is 10.4. The molecule has 10 heteroatoms. The number of ether oxygens (including phenoxy) is 2. The van der Waals surface area contributed by atoms with Gasteiger partial charge in [0.25, 0.3) is 0 Å². The molecule has 10 nitrogen and oxygen atoms in total. The lowest BCUT2D eigenvalue weighted by molar-refractivity contribution is -0.174. The molecule has 0 aromatic carbocycles. The van der Waals surface area contributed by atoms with Gasteiger partial charge >= 0.3 is 11.9 Å². The number of hydrogen-bond acceptors (Lipinski definition) is 8. The van der Waals surface area contributed by atoms with Gasteiger partial charge in [-0.3, -0.25) is 9.59 Å². The summed E-state index contributed by atoms with van der Waals surface area (Å²) in [6, 6.07) is 0. The zero-order valence-electron chi connectivity index (χ0n) is 17.6. The van der Waals surface area contributed by atoms with E-state index in [-0.39, 0.29) is 37.7 Å². The van der Waals surface area contributed by atoms with Crippen LogP contribution in [0.1, 0.15) is 54.4 Å². The zero-order valence-corrected chi connectivity index (χ0v) is 17.6. The molecule has 0 saturated carbocycles. The standard InChI is InChI=1S/C18H34N4O6/c1-11(7-13(23)21-9-17(3,4)19)27-15(25)16(26)28-12(2)8-14(24)22-10-18(5,6)20/h11-12H,7-10,19-20H2,1-6H3,(H,21,23)(H,22,24). The monoisotopic (exact) mass is 402 g/mol. The highest BCUT2D eigenvalue weighted by molar-refractivity contribution is 6.29. The van der Waals surface area contributed by atoms with Gasteiger partial charge in [-0.05, 0) is 41.5 Å². The molecule has 0 fully saturated rings. The Kier molecular flexibility index (Phi) is 10.1. The smallest absolute Gasteiger partial charge is 0.417 e. The molecule has 0 aliphatic heterocycles. The van der Waals surface area contributed by atoms with Crippen LogP contribution in [0.2, 0.25) is 0 Å². The minimum absolute atomic E-state index is 0.123. The quantitative estimate of drug-likeness (QED) is 0.276. The summed E-state index contributed by atoms with van der Waals surface area (Å²) < 4.78 is 9.78. The lowest BCUT2D eigenvalue weighted by Gasteiger charge is -2.20. The molecule has 2 unspecified atom stereocenters. The Labute approximate surface area is 166 Å². The minimum Gasteiger partial charge on any atom is -0.454 e. The SMILES string of the molecule is CC(CC(=O)NCC(C)(C)N)OC(=O)C(=O)OC(C)CC(=O)NCC(C)(C)N. The van der Waals surface area contributed by atoms with Crippen LogP contribution in [0.3, 0.4) is 0 Å². The molecular weight excluding hydrogens is 368 g/mol. The fraction of sp³-hybridized carbons (Fsp3) is 0.778. The van der Waals surface area contributed by atoms with E-state index in [1.54, 1.807) is 27.7 Å². The molecule has 0 bridgehead atoms. The first-order chi connectivity index (χ1) is 12.6. The van der Waals surface area contributed by atoms with E-state index in [1.807, 2.05) is 0 Å². The van der Waals surface area contributed by atoms with Crippen molar-refractivity contribution in [1.82, 2.24) is 10.6 Å². The third kappa shape index (κ3) is 13.9. The van der Waals surface area contributed by atoms with E-state index in [9.17, 15) is 19.2 Å². The third-order valence-corrected chi connectivity index (χ3v) is 3.21. The van der Waals surface area contributed by atoms with Gasteiger partial charge in [-0.15, -0.1) is 0 Å². The highest BCUT2D eigenvalue weighted by Gasteiger charge is 2.25.